The van der Waals surface area contributed by atoms with Crippen molar-refractivity contribution in [1.82, 2.24) is 0 Å². The molecule has 13 heteroatoms. The van der Waals surface area contributed by atoms with E-state index in [-0.39, 0.29) is 22.3 Å². The number of benzene rings is 6. The quantitative estimate of drug-likeness (QED) is 0.0534. The molecule has 13 nitrogen and oxygen atoms in total. The third kappa shape index (κ3) is 8.50. The molecule has 6 rings (SSSR count). The SMILES string of the molecule is Nc1ccc(Oc2ccc(NC(=O)c3ccc(C(=O)c4ccc(C(=O)Nc5ccc(Oc6ccc(N)cc6)cc5)c(C(=O)O)c4)cc3C(=O)O)cc2)cc1. The van der Waals surface area contributed by atoms with Crippen LogP contribution >= 0.6 is 0 Å². The highest BCUT2D eigenvalue weighted by Gasteiger charge is 2.23. The molecule has 6 aromatic carbocycles. The molecule has 0 unspecified atom stereocenters. The molecule has 0 radical (unpaired) electrons. The first kappa shape index (κ1) is 35.9. The van der Waals surface area contributed by atoms with Crippen LogP contribution in [0.1, 0.15) is 57.4 Å². The van der Waals surface area contributed by atoms with Gasteiger partial charge in [0.1, 0.15) is 23.0 Å². The first-order valence-corrected chi connectivity index (χ1v) is 16.1. The fourth-order valence-corrected chi connectivity index (χ4v) is 5.24. The standard InChI is InChI=1S/C41H30N4O9/c42-25-3-11-29(12-4-25)53-31-15-7-27(8-16-31)44-38(47)33-19-1-23(21-35(33)40(49)50)37(46)24-2-20-34(36(22-24)41(51)52)39(48)45-28-9-17-32(18-10-28)54-30-13-5-26(43)6-14-30/h1-22H,42-43H2,(H,44,47)(H,45,48)(H,49,50)(H,51,52). The van der Waals surface area contributed by atoms with Gasteiger partial charge in [-0.15, -0.1) is 0 Å². The first-order chi connectivity index (χ1) is 25.9. The Kier molecular flexibility index (Phi) is 10.3. The van der Waals surface area contributed by atoms with Crippen LogP contribution in [0.3, 0.4) is 0 Å². The maximum Gasteiger partial charge on any atom is 0.336 e. The van der Waals surface area contributed by atoms with Gasteiger partial charge in [0.2, 0.25) is 0 Å². The van der Waals surface area contributed by atoms with Gasteiger partial charge in [-0.05, 0) is 121 Å². The van der Waals surface area contributed by atoms with Crippen molar-refractivity contribution in [3.63, 3.8) is 0 Å². The van der Waals surface area contributed by atoms with E-state index >= 15 is 0 Å². The molecule has 0 aliphatic carbocycles. The number of ether oxygens (including phenoxy) is 2. The molecule has 0 aliphatic rings. The van der Waals surface area contributed by atoms with Crippen molar-refractivity contribution in [1.29, 1.82) is 0 Å². The Hall–Kier alpha value is -7.93. The van der Waals surface area contributed by atoms with Gasteiger partial charge in [0.25, 0.3) is 11.8 Å². The summed E-state index contributed by atoms with van der Waals surface area (Å²) in [6.45, 7) is 0. The van der Waals surface area contributed by atoms with Gasteiger partial charge < -0.3 is 41.8 Å². The lowest BCUT2D eigenvalue weighted by Crippen LogP contribution is -2.18. The fraction of sp³-hybridized carbons (Fsp3) is 0. The van der Waals surface area contributed by atoms with Crippen LogP contribution in [0.5, 0.6) is 23.0 Å². The fourth-order valence-electron chi connectivity index (χ4n) is 5.24. The lowest BCUT2D eigenvalue weighted by atomic mass is 9.95. The van der Waals surface area contributed by atoms with Crippen molar-refractivity contribution in [3.8, 4) is 23.0 Å². The van der Waals surface area contributed by atoms with E-state index in [1.54, 1.807) is 97.1 Å². The van der Waals surface area contributed by atoms with E-state index in [9.17, 15) is 34.2 Å². The Morgan fingerprint density at radius 2 is 0.741 bits per heavy atom. The summed E-state index contributed by atoms with van der Waals surface area (Å²) >= 11 is 0. The Morgan fingerprint density at radius 1 is 0.426 bits per heavy atom. The molecule has 8 N–H and O–H groups in total. The van der Waals surface area contributed by atoms with Crippen molar-refractivity contribution in [2.24, 2.45) is 0 Å². The maximum absolute atomic E-state index is 13.5. The molecule has 268 valence electrons. The number of nitrogen functional groups attached to an aromatic ring is 2. The molecule has 0 aromatic heterocycles. The van der Waals surface area contributed by atoms with Crippen LogP contribution in [0.25, 0.3) is 0 Å². The number of nitrogens with two attached hydrogens (primary N) is 2. The summed E-state index contributed by atoms with van der Waals surface area (Å²) in [7, 11) is 0. The van der Waals surface area contributed by atoms with Crippen molar-refractivity contribution in [3.05, 3.63) is 167 Å². The Labute approximate surface area is 307 Å². The summed E-state index contributed by atoms with van der Waals surface area (Å²) in [4.78, 5) is 64.2. The van der Waals surface area contributed by atoms with E-state index in [1.165, 1.54) is 24.3 Å². The van der Waals surface area contributed by atoms with Gasteiger partial charge in [0.05, 0.1) is 22.3 Å². The zero-order valence-corrected chi connectivity index (χ0v) is 28.1. The normalized spacial score (nSPS) is 10.5. The Bertz CT molecular complexity index is 2220. The lowest BCUT2D eigenvalue weighted by Gasteiger charge is -2.12. The molecule has 0 heterocycles. The van der Waals surface area contributed by atoms with Crippen LogP contribution in [-0.4, -0.2) is 39.7 Å². The number of carboxylic acid groups (broad SMARTS) is 2. The van der Waals surface area contributed by atoms with Crippen LogP contribution in [0.4, 0.5) is 22.7 Å². The van der Waals surface area contributed by atoms with E-state index < -0.39 is 40.7 Å². The van der Waals surface area contributed by atoms with Gasteiger partial charge in [0.15, 0.2) is 5.78 Å². The number of carboxylic acids is 2. The van der Waals surface area contributed by atoms with Gasteiger partial charge in [-0.1, -0.05) is 12.1 Å². The predicted octanol–water partition coefficient (Wildman–Crippen LogP) is 7.57. The number of carbonyl (C=O) groups is 5. The van der Waals surface area contributed by atoms with Crippen LogP contribution in [0.15, 0.2) is 133 Å². The number of rotatable bonds is 12. The van der Waals surface area contributed by atoms with E-state index in [1.807, 2.05) is 0 Å². The van der Waals surface area contributed by atoms with Gasteiger partial charge >= 0.3 is 11.9 Å². The highest BCUT2D eigenvalue weighted by molar-refractivity contribution is 6.16. The summed E-state index contributed by atoms with van der Waals surface area (Å²) < 4.78 is 11.5. The van der Waals surface area contributed by atoms with Gasteiger partial charge in [-0.3, -0.25) is 14.4 Å². The highest BCUT2D eigenvalue weighted by atomic mass is 16.5. The average molecular weight is 723 g/mol. The molecule has 0 saturated heterocycles. The second-order valence-corrected chi connectivity index (χ2v) is 11.8. The first-order valence-electron chi connectivity index (χ1n) is 16.1. The van der Waals surface area contributed by atoms with Crippen molar-refractivity contribution in [2.45, 2.75) is 0 Å². The number of nitrogens with one attached hydrogen (secondary N) is 2. The molecule has 0 spiro atoms. The Balaban J connectivity index is 1.14. The highest BCUT2D eigenvalue weighted by Crippen LogP contribution is 2.27. The maximum atomic E-state index is 13.5. The van der Waals surface area contributed by atoms with E-state index in [0.29, 0.717) is 45.7 Å². The third-order valence-electron chi connectivity index (χ3n) is 7.97. The predicted molar refractivity (Wildman–Crippen MR) is 201 cm³/mol. The smallest absolute Gasteiger partial charge is 0.336 e. The number of aromatic carboxylic acids is 2. The number of anilines is 4. The van der Waals surface area contributed by atoms with E-state index in [2.05, 4.69) is 10.6 Å². The van der Waals surface area contributed by atoms with Gasteiger partial charge in [-0.25, -0.2) is 9.59 Å². The van der Waals surface area contributed by atoms with Crippen LogP contribution in [-0.2, 0) is 0 Å². The van der Waals surface area contributed by atoms with Crippen LogP contribution < -0.4 is 31.6 Å². The second kappa shape index (κ2) is 15.5. The number of hydrogen-bond donors (Lipinski definition) is 6. The topological polar surface area (TPSA) is 220 Å². The molecule has 6 aromatic rings. The average Bonchev–Trinajstić information content (AvgIpc) is 3.17. The summed E-state index contributed by atoms with van der Waals surface area (Å²) in [5.41, 5.74) is 11.7. The summed E-state index contributed by atoms with van der Waals surface area (Å²) in [5.74, 6) is -3.07. The lowest BCUT2D eigenvalue weighted by molar-refractivity contribution is 0.0683. The van der Waals surface area contributed by atoms with Crippen molar-refractivity contribution in [2.75, 3.05) is 22.1 Å². The van der Waals surface area contributed by atoms with Crippen molar-refractivity contribution >= 4 is 52.3 Å². The summed E-state index contributed by atoms with van der Waals surface area (Å²) in [5, 5.41) is 25.1. The summed E-state index contributed by atoms with van der Waals surface area (Å²) in [6, 6.07) is 33.3. The number of amides is 2. The monoisotopic (exact) mass is 722 g/mol. The zero-order chi connectivity index (χ0) is 38.4. The molecular weight excluding hydrogens is 692 g/mol. The van der Waals surface area contributed by atoms with Crippen LogP contribution in [0.2, 0.25) is 0 Å². The molecular formula is C41H30N4O9. The van der Waals surface area contributed by atoms with Gasteiger partial charge in [-0.2, -0.15) is 0 Å². The zero-order valence-electron chi connectivity index (χ0n) is 28.1. The molecule has 0 atom stereocenters. The minimum absolute atomic E-state index is 0.122. The number of hydrogen-bond acceptors (Lipinski definition) is 9. The van der Waals surface area contributed by atoms with Crippen molar-refractivity contribution < 1.29 is 43.7 Å². The molecule has 0 bridgehead atoms. The molecule has 0 fully saturated rings. The molecule has 0 aliphatic heterocycles. The third-order valence-corrected chi connectivity index (χ3v) is 7.97. The van der Waals surface area contributed by atoms with E-state index in [0.717, 1.165) is 12.1 Å². The molecule has 0 saturated carbocycles. The Morgan fingerprint density at radius 3 is 1.06 bits per heavy atom. The number of ketones is 1. The van der Waals surface area contributed by atoms with Gasteiger partial charge in [0, 0.05) is 33.9 Å². The minimum atomic E-state index is -1.47. The second-order valence-electron chi connectivity index (χ2n) is 11.8. The van der Waals surface area contributed by atoms with E-state index in [4.69, 9.17) is 20.9 Å². The minimum Gasteiger partial charge on any atom is -0.478 e. The largest absolute Gasteiger partial charge is 0.478 e. The molecule has 54 heavy (non-hydrogen) atoms. The summed E-state index contributed by atoms with van der Waals surface area (Å²) in [6.07, 6.45) is 0. The molecule has 2 amide bonds. The number of carbonyl (C=O) groups excluding carboxylic acids is 3. The van der Waals surface area contributed by atoms with Crippen LogP contribution in [0, 0.1) is 0 Å².